The van der Waals surface area contributed by atoms with E-state index in [0.717, 1.165) is 17.0 Å². The zero-order valence-corrected chi connectivity index (χ0v) is 11.7. The van der Waals surface area contributed by atoms with Gasteiger partial charge in [-0.2, -0.15) is 5.10 Å². The van der Waals surface area contributed by atoms with Crippen molar-refractivity contribution in [2.75, 3.05) is 11.2 Å². The summed E-state index contributed by atoms with van der Waals surface area (Å²) in [5.41, 5.74) is 4.61. The fourth-order valence-electron chi connectivity index (χ4n) is 1.19. The molecule has 3 nitrogen and oxygen atoms in total. The molecule has 0 saturated heterocycles. The lowest BCUT2D eigenvalue weighted by atomic mass is 10.2. The van der Waals surface area contributed by atoms with E-state index in [1.165, 1.54) is 18.7 Å². The zero-order valence-electron chi connectivity index (χ0n) is 10.1. The van der Waals surface area contributed by atoms with Gasteiger partial charge in [0.1, 0.15) is 0 Å². The third-order valence-electron chi connectivity index (χ3n) is 2.13. The first-order valence-corrected chi connectivity index (χ1v) is 6.65. The Bertz CT molecular complexity index is 446. The van der Waals surface area contributed by atoms with Crippen LogP contribution in [0.4, 0.5) is 5.69 Å². The number of rotatable bonds is 4. The monoisotopic (exact) mass is 270 g/mol. The molecule has 0 radical (unpaired) electrons. The summed E-state index contributed by atoms with van der Waals surface area (Å²) in [6, 6.07) is 5.53. The quantitative estimate of drug-likeness (QED) is 0.515. The molecule has 1 aromatic carbocycles. The van der Waals surface area contributed by atoms with E-state index in [1.807, 2.05) is 32.0 Å². The minimum Gasteiger partial charge on any atom is -0.292 e. The Morgan fingerprint density at radius 2 is 2.24 bits per heavy atom. The van der Waals surface area contributed by atoms with Crippen LogP contribution in [0.5, 0.6) is 0 Å². The Hall–Kier alpha value is -1.00. The van der Waals surface area contributed by atoms with Crippen molar-refractivity contribution in [3.8, 4) is 0 Å². The van der Waals surface area contributed by atoms with Crippen LogP contribution in [0.15, 0.2) is 23.3 Å². The predicted octanol–water partition coefficient (Wildman–Crippen LogP) is 3.72. The number of anilines is 1. The number of carbonyl (C=O) groups excluding carboxylic acids is 1. The van der Waals surface area contributed by atoms with E-state index in [4.69, 9.17) is 11.6 Å². The van der Waals surface area contributed by atoms with E-state index in [2.05, 4.69) is 10.5 Å². The first-order chi connectivity index (χ1) is 8.06. The first kappa shape index (κ1) is 14.1. The molecule has 1 rings (SSSR count). The van der Waals surface area contributed by atoms with Crippen LogP contribution in [0, 0.1) is 6.92 Å². The molecule has 0 saturated carbocycles. The van der Waals surface area contributed by atoms with Gasteiger partial charge in [0, 0.05) is 11.9 Å². The molecule has 0 aliphatic carbocycles. The van der Waals surface area contributed by atoms with Gasteiger partial charge in [-0.1, -0.05) is 24.6 Å². The highest BCUT2D eigenvalue weighted by Gasteiger charge is 2.06. The van der Waals surface area contributed by atoms with Gasteiger partial charge in [0.15, 0.2) is 10.8 Å². The fraction of sp³-hybridized carbons (Fsp3) is 0.333. The van der Waals surface area contributed by atoms with E-state index in [-0.39, 0.29) is 5.78 Å². The van der Waals surface area contributed by atoms with E-state index >= 15 is 0 Å². The number of carbonyl (C=O) groups is 1. The molecule has 17 heavy (non-hydrogen) atoms. The largest absolute Gasteiger partial charge is 0.292 e. The van der Waals surface area contributed by atoms with Crippen LogP contribution in [0.3, 0.4) is 0 Å². The molecule has 0 unspecified atom stereocenters. The molecular weight excluding hydrogens is 256 g/mol. The van der Waals surface area contributed by atoms with Gasteiger partial charge >= 0.3 is 0 Å². The number of nitrogens with one attached hydrogen (secondary N) is 1. The summed E-state index contributed by atoms with van der Waals surface area (Å²) < 4.78 is 0. The molecule has 0 amide bonds. The fourth-order valence-corrected chi connectivity index (χ4v) is 1.95. The second-order valence-corrected chi connectivity index (χ2v) is 5.09. The zero-order chi connectivity index (χ0) is 12.8. The number of Topliss-reactive ketones (excluding diaryl/α,β-unsaturated/α-hetero) is 1. The highest BCUT2D eigenvalue weighted by Crippen LogP contribution is 2.23. The van der Waals surface area contributed by atoms with Gasteiger partial charge in [-0.25, -0.2) is 0 Å². The van der Waals surface area contributed by atoms with Gasteiger partial charge in [-0.15, -0.1) is 11.8 Å². The number of hydrogen-bond acceptors (Lipinski definition) is 4. The first-order valence-electron chi connectivity index (χ1n) is 5.28. The van der Waals surface area contributed by atoms with Crippen LogP contribution < -0.4 is 5.43 Å². The average Bonchev–Trinajstić information content (AvgIpc) is 2.29. The lowest BCUT2D eigenvalue weighted by molar-refractivity contribution is -0.110. The van der Waals surface area contributed by atoms with E-state index in [9.17, 15) is 4.79 Å². The summed E-state index contributed by atoms with van der Waals surface area (Å²) in [6.45, 7) is 5.39. The molecule has 92 valence electrons. The second kappa shape index (κ2) is 6.67. The van der Waals surface area contributed by atoms with Crippen molar-refractivity contribution >= 4 is 39.9 Å². The molecule has 1 N–H and O–H groups in total. The summed E-state index contributed by atoms with van der Waals surface area (Å²) in [5, 5.41) is 5.26. The molecule has 0 atom stereocenters. The summed E-state index contributed by atoms with van der Waals surface area (Å²) in [5.74, 6) is 0.776. The van der Waals surface area contributed by atoms with Crippen molar-refractivity contribution in [3.05, 3.63) is 28.8 Å². The van der Waals surface area contributed by atoms with Crippen LogP contribution in [0.25, 0.3) is 0 Å². The molecule has 0 fully saturated rings. The lowest BCUT2D eigenvalue weighted by Gasteiger charge is -2.07. The Labute approximate surface area is 111 Å². The molecule has 1 aromatic rings. The Morgan fingerprint density at radius 3 is 2.82 bits per heavy atom. The molecule has 0 aliphatic rings. The molecule has 0 aromatic heterocycles. The number of thioether (sulfide) groups is 1. The van der Waals surface area contributed by atoms with E-state index in [1.54, 1.807) is 0 Å². The summed E-state index contributed by atoms with van der Waals surface area (Å²) in [4.78, 5) is 11.3. The minimum atomic E-state index is -0.0379. The van der Waals surface area contributed by atoms with Gasteiger partial charge in [-0.05, 0) is 30.4 Å². The van der Waals surface area contributed by atoms with Crippen molar-refractivity contribution in [2.24, 2.45) is 5.10 Å². The molecule has 0 bridgehead atoms. The summed E-state index contributed by atoms with van der Waals surface area (Å²) in [7, 11) is 0. The van der Waals surface area contributed by atoms with Crippen molar-refractivity contribution in [2.45, 2.75) is 20.8 Å². The van der Waals surface area contributed by atoms with Gasteiger partial charge in [0.2, 0.25) is 0 Å². The standard InChI is InChI=1S/C12H15ClN2OS/c1-4-17-12(9(3)16)15-14-11-7-5-6-10(13)8(11)2/h5-7,14H,4H2,1-3H3. The topological polar surface area (TPSA) is 41.5 Å². The van der Waals surface area contributed by atoms with Gasteiger partial charge in [0.25, 0.3) is 0 Å². The van der Waals surface area contributed by atoms with Gasteiger partial charge in [0.05, 0.1) is 5.69 Å². The molecular formula is C12H15ClN2OS. The van der Waals surface area contributed by atoms with Crippen LogP contribution in [0.1, 0.15) is 19.4 Å². The van der Waals surface area contributed by atoms with Crippen LogP contribution >= 0.6 is 23.4 Å². The maximum absolute atomic E-state index is 11.3. The Kier molecular flexibility index (Phi) is 5.51. The maximum atomic E-state index is 11.3. The highest BCUT2D eigenvalue weighted by molar-refractivity contribution is 8.15. The Balaban J connectivity index is 2.87. The van der Waals surface area contributed by atoms with E-state index < -0.39 is 0 Å². The maximum Gasteiger partial charge on any atom is 0.186 e. The Morgan fingerprint density at radius 1 is 1.53 bits per heavy atom. The number of halogens is 1. The van der Waals surface area contributed by atoms with Crippen molar-refractivity contribution in [1.82, 2.24) is 0 Å². The van der Waals surface area contributed by atoms with Crippen molar-refractivity contribution < 1.29 is 4.79 Å². The minimum absolute atomic E-state index is 0.0379. The number of benzene rings is 1. The number of hydrazone groups is 1. The van der Waals surface area contributed by atoms with Crippen LogP contribution in [-0.2, 0) is 4.79 Å². The van der Waals surface area contributed by atoms with Gasteiger partial charge < -0.3 is 0 Å². The second-order valence-electron chi connectivity index (χ2n) is 3.43. The predicted molar refractivity (Wildman–Crippen MR) is 76.1 cm³/mol. The van der Waals surface area contributed by atoms with Crippen molar-refractivity contribution in [1.29, 1.82) is 0 Å². The van der Waals surface area contributed by atoms with Gasteiger partial charge in [-0.3, -0.25) is 10.2 Å². The number of ketones is 1. The molecule has 0 spiro atoms. The van der Waals surface area contributed by atoms with Crippen molar-refractivity contribution in [3.63, 3.8) is 0 Å². The lowest BCUT2D eigenvalue weighted by Crippen LogP contribution is -2.08. The molecule has 0 aliphatic heterocycles. The van der Waals surface area contributed by atoms with Crippen LogP contribution in [0.2, 0.25) is 5.02 Å². The normalized spacial score (nSPS) is 11.4. The SMILES string of the molecule is CCSC(=NNc1cccc(Cl)c1C)C(C)=O. The smallest absolute Gasteiger partial charge is 0.186 e. The molecule has 5 heteroatoms. The van der Waals surface area contributed by atoms with E-state index in [0.29, 0.717) is 10.1 Å². The highest BCUT2D eigenvalue weighted by atomic mass is 35.5. The third-order valence-corrected chi connectivity index (χ3v) is 3.48. The average molecular weight is 271 g/mol. The van der Waals surface area contributed by atoms with Crippen LogP contribution in [-0.4, -0.2) is 16.6 Å². The number of hydrogen-bond donors (Lipinski definition) is 1. The summed E-state index contributed by atoms with van der Waals surface area (Å²) >= 11 is 7.41. The molecule has 0 heterocycles. The third kappa shape index (κ3) is 4.06. The summed E-state index contributed by atoms with van der Waals surface area (Å²) in [6.07, 6.45) is 0. The number of nitrogens with zero attached hydrogens (tertiary/aromatic N) is 1.